The van der Waals surface area contributed by atoms with Gasteiger partial charge in [0.2, 0.25) is 0 Å². The minimum atomic E-state index is 0.284. The van der Waals surface area contributed by atoms with Crippen LogP contribution in [0.3, 0.4) is 0 Å². The smallest absolute Gasteiger partial charge is 0.153 e. The van der Waals surface area contributed by atoms with Gasteiger partial charge in [0.15, 0.2) is 5.84 Å². The summed E-state index contributed by atoms with van der Waals surface area (Å²) in [4.78, 5) is 2.21. The first-order chi connectivity index (χ1) is 7.26. The van der Waals surface area contributed by atoms with Gasteiger partial charge < -0.3 is 15.7 Å². The summed E-state index contributed by atoms with van der Waals surface area (Å²) in [6, 6.07) is 0. The zero-order valence-electron chi connectivity index (χ0n) is 9.35. The van der Waals surface area contributed by atoms with Gasteiger partial charge in [-0.15, -0.1) is 0 Å². The molecule has 1 heterocycles. The molecule has 1 saturated heterocycles. The van der Waals surface area contributed by atoms with E-state index in [0.29, 0.717) is 12.5 Å². The maximum absolute atomic E-state index is 8.48. The lowest BCUT2D eigenvalue weighted by molar-refractivity contribution is 0.0717. The van der Waals surface area contributed by atoms with E-state index in [1.54, 1.807) is 0 Å². The molecule has 0 radical (unpaired) electrons. The monoisotopic (exact) mass is 215 g/mol. The summed E-state index contributed by atoms with van der Waals surface area (Å²) in [5.41, 5.74) is 5.48. The summed E-state index contributed by atoms with van der Waals surface area (Å²) in [5, 5.41) is 11.5. The Morgan fingerprint density at radius 2 is 2.47 bits per heavy atom. The van der Waals surface area contributed by atoms with Crippen LogP contribution in [0.15, 0.2) is 5.16 Å². The van der Waals surface area contributed by atoms with Crippen molar-refractivity contribution >= 4 is 5.84 Å². The maximum Gasteiger partial charge on any atom is 0.153 e. The molecule has 1 fully saturated rings. The molecular weight excluding hydrogens is 194 g/mol. The van der Waals surface area contributed by atoms with Crippen LogP contribution in [0, 0.1) is 5.92 Å². The molecule has 0 aromatic carbocycles. The van der Waals surface area contributed by atoms with Crippen LogP contribution in [0.5, 0.6) is 0 Å². The van der Waals surface area contributed by atoms with Crippen molar-refractivity contribution in [1.29, 1.82) is 0 Å². The summed E-state index contributed by atoms with van der Waals surface area (Å²) in [6.45, 7) is 6.17. The molecule has 1 rings (SSSR count). The van der Waals surface area contributed by atoms with E-state index in [1.807, 2.05) is 6.92 Å². The van der Waals surface area contributed by atoms with E-state index in [-0.39, 0.29) is 5.84 Å². The molecule has 1 aliphatic heterocycles. The van der Waals surface area contributed by atoms with Crippen molar-refractivity contribution in [3.05, 3.63) is 0 Å². The number of hydrogen-bond acceptors (Lipinski definition) is 4. The Labute approximate surface area is 90.9 Å². The highest BCUT2D eigenvalue weighted by atomic mass is 16.5. The van der Waals surface area contributed by atoms with E-state index in [0.717, 1.165) is 32.7 Å². The van der Waals surface area contributed by atoms with Crippen LogP contribution in [0.25, 0.3) is 0 Å². The van der Waals surface area contributed by atoms with Crippen molar-refractivity contribution < 1.29 is 9.94 Å². The molecule has 15 heavy (non-hydrogen) atoms. The first-order valence-corrected chi connectivity index (χ1v) is 5.52. The van der Waals surface area contributed by atoms with Crippen LogP contribution < -0.4 is 5.73 Å². The summed E-state index contributed by atoms with van der Waals surface area (Å²) in [7, 11) is 0. The largest absolute Gasteiger partial charge is 0.409 e. The third-order valence-corrected chi connectivity index (χ3v) is 2.67. The normalized spacial score (nSPS) is 24.3. The lowest BCUT2D eigenvalue weighted by atomic mass is 9.99. The van der Waals surface area contributed by atoms with E-state index in [2.05, 4.69) is 10.1 Å². The fraction of sp³-hybridized carbons (Fsp3) is 0.900. The van der Waals surface area contributed by atoms with E-state index in [1.165, 1.54) is 6.42 Å². The number of amidine groups is 1. The van der Waals surface area contributed by atoms with Crippen molar-refractivity contribution in [3.8, 4) is 0 Å². The highest BCUT2D eigenvalue weighted by Gasteiger charge is 2.20. The minimum absolute atomic E-state index is 0.284. The number of hydrogen-bond donors (Lipinski definition) is 2. The second-order valence-corrected chi connectivity index (χ2v) is 3.99. The van der Waals surface area contributed by atoms with E-state index < -0.39 is 0 Å². The lowest BCUT2D eigenvalue weighted by Gasteiger charge is -2.31. The van der Waals surface area contributed by atoms with Gasteiger partial charge in [-0.2, -0.15) is 0 Å². The third-order valence-electron chi connectivity index (χ3n) is 2.67. The van der Waals surface area contributed by atoms with Gasteiger partial charge in [-0.05, 0) is 32.2 Å². The SMILES string of the molecule is CCOCC1CCCN(C/C(N)=N/O)C1. The van der Waals surface area contributed by atoms with Gasteiger partial charge in [0.25, 0.3) is 0 Å². The first-order valence-electron chi connectivity index (χ1n) is 5.52. The minimum Gasteiger partial charge on any atom is -0.409 e. The first kappa shape index (κ1) is 12.3. The van der Waals surface area contributed by atoms with Gasteiger partial charge >= 0.3 is 0 Å². The topological polar surface area (TPSA) is 71.1 Å². The van der Waals surface area contributed by atoms with Gasteiger partial charge in [-0.25, -0.2) is 0 Å². The molecule has 5 nitrogen and oxygen atoms in total. The highest BCUT2D eigenvalue weighted by Crippen LogP contribution is 2.16. The zero-order chi connectivity index (χ0) is 11.1. The molecule has 3 N–H and O–H groups in total. The maximum atomic E-state index is 8.48. The number of rotatable bonds is 5. The van der Waals surface area contributed by atoms with Crippen LogP contribution in [-0.2, 0) is 4.74 Å². The van der Waals surface area contributed by atoms with Crippen LogP contribution in [-0.4, -0.2) is 48.8 Å². The number of ether oxygens (including phenoxy) is 1. The predicted octanol–water partition coefficient (Wildman–Crippen LogP) is 0.481. The quantitative estimate of drug-likeness (QED) is 0.303. The zero-order valence-corrected chi connectivity index (χ0v) is 9.35. The summed E-state index contributed by atoms with van der Waals surface area (Å²) in [6.07, 6.45) is 2.38. The number of nitrogens with zero attached hydrogens (tertiary/aromatic N) is 2. The lowest BCUT2D eigenvalue weighted by Crippen LogP contribution is -2.42. The Morgan fingerprint density at radius 1 is 1.67 bits per heavy atom. The average Bonchev–Trinajstić information content (AvgIpc) is 2.26. The van der Waals surface area contributed by atoms with Gasteiger partial charge in [-0.1, -0.05) is 5.16 Å². The Hall–Kier alpha value is -0.810. The van der Waals surface area contributed by atoms with E-state index in [4.69, 9.17) is 15.7 Å². The standard InChI is InChI=1S/C10H21N3O2/c1-2-15-8-9-4-3-5-13(6-9)7-10(11)12-14/h9,14H,2-8H2,1H3,(H2,11,12). The second kappa shape index (κ2) is 6.63. The predicted molar refractivity (Wildman–Crippen MR) is 59.1 cm³/mol. The van der Waals surface area contributed by atoms with Gasteiger partial charge in [-0.3, -0.25) is 4.90 Å². The fourth-order valence-electron chi connectivity index (χ4n) is 1.98. The molecule has 0 aromatic rings. The van der Waals surface area contributed by atoms with Crippen LogP contribution in [0.2, 0.25) is 0 Å². The molecule has 0 spiro atoms. The number of nitrogens with two attached hydrogens (primary N) is 1. The van der Waals surface area contributed by atoms with E-state index in [9.17, 15) is 0 Å². The number of piperidine rings is 1. The molecule has 0 bridgehead atoms. The average molecular weight is 215 g/mol. The van der Waals surface area contributed by atoms with E-state index >= 15 is 0 Å². The second-order valence-electron chi connectivity index (χ2n) is 3.99. The molecular formula is C10H21N3O2. The van der Waals surface area contributed by atoms with Crippen LogP contribution in [0.1, 0.15) is 19.8 Å². The fourth-order valence-corrected chi connectivity index (χ4v) is 1.98. The Balaban J connectivity index is 2.28. The molecule has 0 aliphatic carbocycles. The number of oxime groups is 1. The van der Waals surface area contributed by atoms with Crippen molar-refractivity contribution in [1.82, 2.24) is 4.90 Å². The van der Waals surface area contributed by atoms with Crippen molar-refractivity contribution in [2.24, 2.45) is 16.8 Å². The molecule has 88 valence electrons. The van der Waals surface area contributed by atoms with Crippen molar-refractivity contribution in [3.63, 3.8) is 0 Å². The summed E-state index contributed by atoms with van der Waals surface area (Å²) in [5.74, 6) is 0.872. The van der Waals surface area contributed by atoms with Gasteiger partial charge in [0.05, 0.1) is 13.2 Å². The molecule has 0 aromatic heterocycles. The Morgan fingerprint density at radius 3 is 3.13 bits per heavy atom. The van der Waals surface area contributed by atoms with Crippen molar-refractivity contribution in [2.45, 2.75) is 19.8 Å². The Kier molecular flexibility index (Phi) is 5.42. The van der Waals surface area contributed by atoms with Crippen molar-refractivity contribution in [2.75, 3.05) is 32.8 Å². The Bertz CT molecular complexity index is 209. The van der Waals surface area contributed by atoms with Crippen LogP contribution >= 0.6 is 0 Å². The molecule has 1 atom stereocenters. The molecule has 0 amide bonds. The summed E-state index contributed by atoms with van der Waals surface area (Å²) < 4.78 is 5.42. The molecule has 1 aliphatic rings. The third kappa shape index (κ3) is 4.48. The van der Waals surface area contributed by atoms with Crippen LogP contribution in [0.4, 0.5) is 0 Å². The molecule has 5 heteroatoms. The highest BCUT2D eigenvalue weighted by molar-refractivity contribution is 5.81. The van der Waals surface area contributed by atoms with Gasteiger partial charge in [0.1, 0.15) is 0 Å². The number of likely N-dealkylation sites (tertiary alicyclic amines) is 1. The molecule has 0 saturated carbocycles. The van der Waals surface area contributed by atoms with Gasteiger partial charge in [0, 0.05) is 13.2 Å². The molecule has 1 unspecified atom stereocenters. The summed E-state index contributed by atoms with van der Waals surface area (Å²) >= 11 is 0.